The van der Waals surface area contributed by atoms with Gasteiger partial charge in [0.25, 0.3) is 0 Å². The lowest BCUT2D eigenvalue weighted by molar-refractivity contribution is -0.121. The van der Waals surface area contributed by atoms with E-state index in [0.717, 1.165) is 5.56 Å². The zero-order chi connectivity index (χ0) is 23.0. The molecule has 0 saturated heterocycles. The van der Waals surface area contributed by atoms with Gasteiger partial charge < -0.3 is 10.1 Å². The Morgan fingerprint density at radius 2 is 1.62 bits per heavy atom. The van der Waals surface area contributed by atoms with Gasteiger partial charge in [-0.2, -0.15) is 0 Å². The second-order valence-corrected chi connectivity index (χ2v) is 9.34. The van der Waals surface area contributed by atoms with E-state index < -0.39 is 16.1 Å². The smallest absolute Gasteiger partial charge is 0.241 e. The number of rotatable bonds is 10. The first-order valence-electron chi connectivity index (χ1n) is 10.1. The van der Waals surface area contributed by atoms with Crippen LogP contribution in [0.15, 0.2) is 83.8 Å². The zero-order valence-corrected chi connectivity index (χ0v) is 19.2. The number of benzene rings is 3. The van der Waals surface area contributed by atoms with Crippen molar-refractivity contribution >= 4 is 27.5 Å². The van der Waals surface area contributed by atoms with Crippen LogP contribution in [0.25, 0.3) is 0 Å². The number of nitrogens with one attached hydrogen (secondary N) is 2. The van der Waals surface area contributed by atoms with Crippen molar-refractivity contribution in [3.63, 3.8) is 0 Å². The number of sulfonamides is 1. The number of amides is 1. The summed E-state index contributed by atoms with van der Waals surface area (Å²) in [5, 5.41) is 3.31. The van der Waals surface area contributed by atoms with Crippen LogP contribution in [0.3, 0.4) is 0 Å². The Bertz CT molecular complexity index is 1120. The maximum Gasteiger partial charge on any atom is 0.241 e. The molecule has 3 aromatic carbocycles. The Labute approximate surface area is 193 Å². The molecule has 3 rings (SSSR count). The normalized spacial score (nSPS) is 12.2. The van der Waals surface area contributed by atoms with Gasteiger partial charge in [-0.3, -0.25) is 4.79 Å². The topological polar surface area (TPSA) is 84.5 Å². The molecule has 168 valence electrons. The summed E-state index contributed by atoms with van der Waals surface area (Å²) in [4.78, 5) is 12.7. The minimum absolute atomic E-state index is 0.0477. The Balaban J connectivity index is 1.72. The van der Waals surface area contributed by atoms with Crippen LogP contribution >= 0.6 is 11.6 Å². The monoisotopic (exact) mass is 472 g/mol. The van der Waals surface area contributed by atoms with E-state index in [1.54, 1.807) is 31.4 Å². The maximum absolute atomic E-state index is 12.9. The van der Waals surface area contributed by atoms with Gasteiger partial charge in [0.1, 0.15) is 5.75 Å². The highest BCUT2D eigenvalue weighted by Gasteiger charge is 2.24. The van der Waals surface area contributed by atoms with Crippen molar-refractivity contribution in [1.29, 1.82) is 0 Å². The average molecular weight is 473 g/mol. The molecule has 0 saturated carbocycles. The molecule has 0 spiro atoms. The average Bonchev–Trinajstić information content (AvgIpc) is 2.79. The molecule has 1 unspecified atom stereocenters. The second kappa shape index (κ2) is 11.1. The molecule has 0 aliphatic heterocycles. The van der Waals surface area contributed by atoms with E-state index in [4.69, 9.17) is 16.3 Å². The van der Waals surface area contributed by atoms with Crippen molar-refractivity contribution in [3.8, 4) is 5.75 Å². The van der Waals surface area contributed by atoms with Crippen LogP contribution in [-0.4, -0.2) is 28.0 Å². The van der Waals surface area contributed by atoms with Crippen molar-refractivity contribution in [2.24, 2.45) is 0 Å². The molecule has 2 N–H and O–H groups in total. The molecule has 0 heterocycles. The zero-order valence-electron chi connectivity index (χ0n) is 17.6. The van der Waals surface area contributed by atoms with Crippen LogP contribution in [0.1, 0.15) is 23.6 Å². The van der Waals surface area contributed by atoms with E-state index in [9.17, 15) is 13.2 Å². The van der Waals surface area contributed by atoms with Crippen LogP contribution in [0.5, 0.6) is 5.75 Å². The third kappa shape index (κ3) is 6.82. The molecule has 1 atom stereocenters. The van der Waals surface area contributed by atoms with Crippen molar-refractivity contribution < 1.29 is 17.9 Å². The third-order valence-electron chi connectivity index (χ3n) is 4.91. The number of ether oxygens (including phenoxy) is 1. The van der Waals surface area contributed by atoms with Gasteiger partial charge in [0.15, 0.2) is 0 Å². The van der Waals surface area contributed by atoms with Gasteiger partial charge in [-0.25, -0.2) is 13.1 Å². The molecule has 32 heavy (non-hydrogen) atoms. The van der Waals surface area contributed by atoms with Crippen LogP contribution in [0, 0.1) is 0 Å². The molecule has 0 bridgehead atoms. The van der Waals surface area contributed by atoms with Crippen LogP contribution in [0.2, 0.25) is 5.02 Å². The van der Waals surface area contributed by atoms with Gasteiger partial charge in [0.2, 0.25) is 15.9 Å². The quantitative estimate of drug-likeness (QED) is 0.465. The summed E-state index contributed by atoms with van der Waals surface area (Å²) in [6.45, 7) is 0.460. The van der Waals surface area contributed by atoms with E-state index in [1.807, 2.05) is 30.3 Å². The molecule has 0 fully saturated rings. The molecule has 6 nitrogen and oxygen atoms in total. The van der Waals surface area contributed by atoms with E-state index in [2.05, 4.69) is 10.0 Å². The van der Waals surface area contributed by atoms with E-state index >= 15 is 0 Å². The molecule has 0 aliphatic carbocycles. The van der Waals surface area contributed by atoms with Crippen molar-refractivity contribution in [2.75, 3.05) is 13.7 Å². The molecule has 0 radical (unpaired) electrons. The Morgan fingerprint density at radius 3 is 2.25 bits per heavy atom. The van der Waals surface area contributed by atoms with Crippen molar-refractivity contribution in [2.45, 2.75) is 23.8 Å². The number of carbonyl (C=O) groups is 1. The Morgan fingerprint density at radius 1 is 0.969 bits per heavy atom. The molecule has 3 aromatic rings. The fourth-order valence-electron chi connectivity index (χ4n) is 3.18. The van der Waals surface area contributed by atoms with Gasteiger partial charge in [0, 0.05) is 18.0 Å². The lowest BCUT2D eigenvalue weighted by Gasteiger charge is -2.19. The second-order valence-electron chi connectivity index (χ2n) is 7.19. The number of hydrogen-bond acceptors (Lipinski definition) is 4. The van der Waals surface area contributed by atoms with E-state index in [-0.39, 0.29) is 17.2 Å². The highest BCUT2D eigenvalue weighted by Crippen LogP contribution is 2.23. The van der Waals surface area contributed by atoms with Crippen molar-refractivity contribution in [1.82, 2.24) is 10.0 Å². The summed E-state index contributed by atoms with van der Waals surface area (Å²) in [6.07, 6.45) is 0.643. The fourth-order valence-corrected chi connectivity index (χ4v) is 4.53. The van der Waals surface area contributed by atoms with Crippen LogP contribution in [0.4, 0.5) is 0 Å². The summed E-state index contributed by atoms with van der Waals surface area (Å²) >= 11 is 5.87. The molecular formula is C24H25ClN2O4S. The first kappa shape index (κ1) is 23.8. The van der Waals surface area contributed by atoms with Crippen LogP contribution in [-0.2, 0) is 21.2 Å². The van der Waals surface area contributed by atoms with Gasteiger partial charge in [-0.15, -0.1) is 0 Å². The SMILES string of the molecule is COc1ccc(C(CC(=O)NCCc2ccccc2)NS(=O)(=O)c2ccc(Cl)cc2)cc1. The summed E-state index contributed by atoms with van der Waals surface area (Å²) in [5.41, 5.74) is 1.77. The number of methoxy groups -OCH3 is 1. The first-order chi connectivity index (χ1) is 15.4. The number of carbonyl (C=O) groups excluding carboxylic acids is 1. The van der Waals surface area contributed by atoms with Gasteiger partial charge >= 0.3 is 0 Å². The van der Waals surface area contributed by atoms with E-state index in [1.165, 1.54) is 24.3 Å². The molecule has 8 heteroatoms. The predicted octanol–water partition coefficient (Wildman–Crippen LogP) is 4.12. The highest BCUT2D eigenvalue weighted by molar-refractivity contribution is 7.89. The van der Waals surface area contributed by atoms with Crippen molar-refractivity contribution in [3.05, 3.63) is 95.0 Å². The van der Waals surface area contributed by atoms with Gasteiger partial charge in [-0.05, 0) is 53.9 Å². The third-order valence-corrected chi connectivity index (χ3v) is 6.65. The van der Waals surface area contributed by atoms with Crippen LogP contribution < -0.4 is 14.8 Å². The lowest BCUT2D eigenvalue weighted by atomic mass is 10.0. The van der Waals surface area contributed by atoms with Gasteiger partial charge in [0.05, 0.1) is 18.0 Å². The Hall–Kier alpha value is -2.87. The maximum atomic E-state index is 12.9. The van der Waals surface area contributed by atoms with E-state index in [0.29, 0.717) is 29.3 Å². The molecule has 1 amide bonds. The minimum Gasteiger partial charge on any atom is -0.497 e. The highest BCUT2D eigenvalue weighted by atomic mass is 35.5. The number of hydrogen-bond donors (Lipinski definition) is 2. The Kier molecular flexibility index (Phi) is 8.27. The van der Waals surface area contributed by atoms with Gasteiger partial charge in [-0.1, -0.05) is 54.1 Å². The first-order valence-corrected chi connectivity index (χ1v) is 12.0. The molecule has 0 aliphatic rings. The summed E-state index contributed by atoms with van der Waals surface area (Å²) in [6, 6.07) is 21.9. The lowest BCUT2D eigenvalue weighted by Crippen LogP contribution is -2.34. The fraction of sp³-hybridized carbons (Fsp3) is 0.208. The molecule has 0 aromatic heterocycles. The standard InChI is InChI=1S/C24H25ClN2O4S/c1-31-21-11-7-19(8-12-21)23(27-32(29,30)22-13-9-20(25)10-14-22)17-24(28)26-16-15-18-5-3-2-4-6-18/h2-14,23,27H,15-17H2,1H3,(H,26,28). The predicted molar refractivity (Wildman–Crippen MR) is 125 cm³/mol. The minimum atomic E-state index is -3.87. The largest absolute Gasteiger partial charge is 0.497 e. The molecular weight excluding hydrogens is 448 g/mol. The summed E-state index contributed by atoms with van der Waals surface area (Å²) < 4.78 is 33.7. The summed E-state index contributed by atoms with van der Waals surface area (Å²) in [5.74, 6) is 0.390. The summed E-state index contributed by atoms with van der Waals surface area (Å²) in [7, 11) is -2.32. The number of halogens is 1.